The van der Waals surface area contributed by atoms with Gasteiger partial charge in [0, 0.05) is 72.7 Å². The predicted molar refractivity (Wildman–Crippen MR) is 239 cm³/mol. The number of cyclic esters (lactones) is 2. The molecule has 6 aliphatic heterocycles. The van der Waals surface area contributed by atoms with Crippen LogP contribution in [0.2, 0.25) is 0 Å². The van der Waals surface area contributed by atoms with E-state index in [9.17, 15) is 19.2 Å². The molecule has 320 valence electrons. The molecule has 10 heteroatoms. The lowest BCUT2D eigenvalue weighted by atomic mass is 9.77. The molecule has 0 aromatic heterocycles. The van der Waals surface area contributed by atoms with Crippen molar-refractivity contribution >= 4 is 35.1 Å². The van der Waals surface area contributed by atoms with Crippen LogP contribution in [0.4, 0.5) is 11.4 Å². The lowest BCUT2D eigenvalue weighted by Crippen LogP contribution is -2.47. The summed E-state index contributed by atoms with van der Waals surface area (Å²) in [7, 11) is 0. The second kappa shape index (κ2) is 16.6. The fourth-order valence-electron chi connectivity index (χ4n) is 10.6. The summed E-state index contributed by atoms with van der Waals surface area (Å²) < 4.78 is 12.3. The number of hydrogen-bond acceptors (Lipinski definition) is 8. The molecule has 4 aromatic carbocycles. The van der Waals surface area contributed by atoms with Gasteiger partial charge in [-0.3, -0.25) is 9.59 Å². The highest BCUT2D eigenvalue weighted by atomic mass is 16.6. The number of carbonyl (C=O) groups excluding carboxylic acids is 4. The molecule has 4 atom stereocenters. The molecule has 0 saturated heterocycles. The van der Waals surface area contributed by atoms with Gasteiger partial charge in [-0.05, 0) is 71.9 Å². The normalized spacial score (nSPS) is 24.7. The third-order valence-corrected chi connectivity index (χ3v) is 13.3. The second-order valence-corrected chi connectivity index (χ2v) is 18.4. The number of anilines is 2. The molecule has 4 aromatic rings. The third kappa shape index (κ3) is 7.47. The van der Waals surface area contributed by atoms with Crippen molar-refractivity contribution in [1.29, 1.82) is 0 Å². The Bertz CT molecular complexity index is 2240. The maximum Gasteiger partial charge on any atom is 0.335 e. The van der Waals surface area contributed by atoms with Crippen LogP contribution in [-0.4, -0.2) is 71.8 Å². The SMILES string of the molecule is CC(C)CC1(c2ccccc2)OC(=O)C2=C1CN(C(=O)C1Cc3ccccc3N1)CC2.CC(C)CC1(c2ccccc2)OC(=O)C2=C1CN(C(=O)C1Cc3ccccc3N1)CC2. The number of esters is 2. The number of hydrogen-bond donors (Lipinski definition) is 2. The summed E-state index contributed by atoms with van der Waals surface area (Å²) in [5.74, 6) is 0.395. The highest BCUT2D eigenvalue weighted by Crippen LogP contribution is 2.50. The van der Waals surface area contributed by atoms with Crippen LogP contribution < -0.4 is 10.6 Å². The molecular weight excluding hydrogens is 777 g/mol. The van der Waals surface area contributed by atoms with Crippen molar-refractivity contribution in [3.63, 3.8) is 0 Å². The number of carbonyl (C=O) groups is 4. The minimum absolute atomic E-state index is 0.0913. The Morgan fingerprint density at radius 3 is 1.32 bits per heavy atom. The monoisotopic (exact) mass is 832 g/mol. The zero-order chi connectivity index (χ0) is 43.2. The molecule has 0 saturated carbocycles. The standard InChI is InChI=1S/2C26H28N2O3/c2*1-17(2)15-26(19-9-4-3-5-10-19)21-16-28(13-12-20(21)25(30)31-26)24(29)23-14-18-8-6-7-11-22(18)27-23/h2*3-11,17,23,27H,12-16H2,1-2H3. The first-order chi connectivity index (χ1) is 30.0. The molecule has 10 nitrogen and oxygen atoms in total. The largest absolute Gasteiger partial charge is 0.446 e. The molecule has 0 fully saturated rings. The van der Waals surface area contributed by atoms with Crippen LogP contribution in [0.25, 0.3) is 0 Å². The zero-order valence-corrected chi connectivity index (χ0v) is 36.1. The summed E-state index contributed by atoms with van der Waals surface area (Å²) in [6.45, 7) is 10.5. The average molecular weight is 833 g/mol. The smallest absolute Gasteiger partial charge is 0.335 e. The lowest BCUT2D eigenvalue weighted by molar-refractivity contribution is -0.150. The fourth-order valence-corrected chi connectivity index (χ4v) is 10.6. The average Bonchev–Trinajstić information content (AvgIpc) is 4.05. The van der Waals surface area contributed by atoms with Gasteiger partial charge in [0.1, 0.15) is 12.1 Å². The predicted octanol–water partition coefficient (Wildman–Crippen LogP) is 8.10. The Kier molecular flexibility index (Phi) is 11.0. The van der Waals surface area contributed by atoms with Crippen LogP contribution in [0, 0.1) is 11.8 Å². The first kappa shape index (κ1) is 41.2. The highest BCUT2D eigenvalue weighted by molar-refractivity contribution is 5.96. The first-order valence-electron chi connectivity index (χ1n) is 22.2. The van der Waals surface area contributed by atoms with Crippen molar-refractivity contribution in [3.05, 3.63) is 154 Å². The maximum absolute atomic E-state index is 13.4. The number of amides is 2. The van der Waals surface area contributed by atoms with E-state index in [4.69, 9.17) is 9.47 Å². The highest BCUT2D eigenvalue weighted by Gasteiger charge is 2.53. The van der Waals surface area contributed by atoms with Crippen molar-refractivity contribution in [2.24, 2.45) is 11.8 Å². The van der Waals surface area contributed by atoms with Gasteiger partial charge in [-0.2, -0.15) is 0 Å². The molecule has 6 heterocycles. The van der Waals surface area contributed by atoms with Gasteiger partial charge in [0.2, 0.25) is 11.8 Å². The minimum atomic E-state index is -0.785. The Morgan fingerprint density at radius 1 is 0.581 bits per heavy atom. The van der Waals surface area contributed by atoms with Crippen LogP contribution in [0.5, 0.6) is 0 Å². The molecule has 62 heavy (non-hydrogen) atoms. The molecule has 10 rings (SSSR count). The molecule has 4 unspecified atom stereocenters. The van der Waals surface area contributed by atoms with E-state index in [-0.39, 0.29) is 35.8 Å². The number of nitrogens with zero attached hydrogens (tertiary/aromatic N) is 2. The van der Waals surface area contributed by atoms with Crippen LogP contribution in [0.3, 0.4) is 0 Å². The Hall–Kier alpha value is -6.16. The van der Waals surface area contributed by atoms with E-state index in [0.29, 0.717) is 76.5 Å². The van der Waals surface area contributed by atoms with Gasteiger partial charge in [-0.1, -0.05) is 125 Å². The summed E-state index contributed by atoms with van der Waals surface area (Å²) in [5.41, 5.74) is 8.29. The summed E-state index contributed by atoms with van der Waals surface area (Å²) in [5, 5.41) is 6.76. The van der Waals surface area contributed by atoms with Crippen molar-refractivity contribution in [3.8, 4) is 0 Å². The van der Waals surface area contributed by atoms with Gasteiger partial charge in [-0.15, -0.1) is 0 Å². The molecule has 6 aliphatic rings. The molecule has 0 bridgehead atoms. The summed E-state index contributed by atoms with van der Waals surface area (Å²) in [4.78, 5) is 56.4. The van der Waals surface area contributed by atoms with Crippen LogP contribution in [0.1, 0.15) is 75.6 Å². The molecular formula is C52H56N4O6. The summed E-state index contributed by atoms with van der Waals surface area (Å²) in [6.07, 6.45) is 3.90. The van der Waals surface area contributed by atoms with Gasteiger partial charge in [-0.25, -0.2) is 9.59 Å². The lowest BCUT2D eigenvalue weighted by Gasteiger charge is -2.37. The third-order valence-electron chi connectivity index (χ3n) is 13.3. The van der Waals surface area contributed by atoms with Gasteiger partial charge in [0.15, 0.2) is 11.2 Å². The molecule has 2 N–H and O–H groups in total. The van der Waals surface area contributed by atoms with Crippen molar-refractivity contribution in [2.75, 3.05) is 36.8 Å². The molecule has 2 amide bonds. The Morgan fingerprint density at radius 2 is 0.952 bits per heavy atom. The summed E-state index contributed by atoms with van der Waals surface area (Å²) >= 11 is 0. The quantitative estimate of drug-likeness (QED) is 0.171. The number of para-hydroxylation sites is 2. The van der Waals surface area contributed by atoms with Crippen LogP contribution in [-0.2, 0) is 52.7 Å². The van der Waals surface area contributed by atoms with E-state index in [1.807, 2.05) is 107 Å². The van der Waals surface area contributed by atoms with E-state index in [2.05, 4.69) is 50.5 Å². The number of rotatable bonds is 8. The topological polar surface area (TPSA) is 117 Å². The van der Waals surface area contributed by atoms with E-state index in [0.717, 1.165) is 44.8 Å². The van der Waals surface area contributed by atoms with Crippen molar-refractivity contribution < 1.29 is 28.7 Å². The van der Waals surface area contributed by atoms with E-state index < -0.39 is 11.2 Å². The number of fused-ring (bicyclic) bond motifs is 2. The fraction of sp³-hybridized carbons (Fsp3) is 0.385. The van der Waals surface area contributed by atoms with Gasteiger partial charge in [0.25, 0.3) is 0 Å². The molecule has 0 radical (unpaired) electrons. The number of benzene rings is 4. The molecule has 0 aliphatic carbocycles. The number of ether oxygens (including phenoxy) is 2. The Balaban J connectivity index is 0.000000158. The van der Waals surface area contributed by atoms with Crippen LogP contribution in [0.15, 0.2) is 131 Å². The molecule has 0 spiro atoms. The second-order valence-electron chi connectivity index (χ2n) is 18.4. The van der Waals surface area contributed by atoms with Crippen LogP contribution >= 0.6 is 0 Å². The zero-order valence-electron chi connectivity index (χ0n) is 36.1. The van der Waals surface area contributed by atoms with E-state index >= 15 is 0 Å². The Labute approximate surface area is 364 Å². The van der Waals surface area contributed by atoms with Gasteiger partial charge in [0.05, 0.1) is 0 Å². The van der Waals surface area contributed by atoms with E-state index in [1.165, 1.54) is 11.1 Å². The minimum Gasteiger partial charge on any atom is -0.446 e. The number of nitrogens with one attached hydrogen (secondary N) is 2. The van der Waals surface area contributed by atoms with E-state index in [1.54, 1.807) is 0 Å². The van der Waals surface area contributed by atoms with Gasteiger partial charge < -0.3 is 29.9 Å². The summed E-state index contributed by atoms with van der Waals surface area (Å²) in [6, 6.07) is 35.6. The van der Waals surface area contributed by atoms with Crippen molar-refractivity contribution in [2.45, 2.75) is 89.5 Å². The van der Waals surface area contributed by atoms with Gasteiger partial charge >= 0.3 is 11.9 Å². The van der Waals surface area contributed by atoms with Crippen molar-refractivity contribution in [1.82, 2.24) is 9.80 Å². The maximum atomic E-state index is 13.4. The first-order valence-corrected chi connectivity index (χ1v) is 22.2.